The van der Waals surface area contributed by atoms with Crippen LogP contribution in [0.2, 0.25) is 0 Å². The number of anilines is 7. The number of phenols is 4. The molecule has 0 aliphatic carbocycles. The van der Waals surface area contributed by atoms with Crippen LogP contribution in [0.3, 0.4) is 0 Å². The average molecular weight is 547 g/mol. The van der Waals surface area contributed by atoms with E-state index >= 15 is 0 Å². The molecule has 12 nitrogen and oxygen atoms in total. The summed E-state index contributed by atoms with van der Waals surface area (Å²) in [5.41, 5.74) is 1.45. The van der Waals surface area contributed by atoms with Gasteiger partial charge in [-0.3, -0.25) is 0 Å². The number of rotatable bonds is 9. The molecular formula is C28H26N4O8. The number of carboxylic acid groups (broad SMARTS) is 2. The van der Waals surface area contributed by atoms with Gasteiger partial charge in [-0.15, -0.1) is 0 Å². The molecule has 206 valence electrons. The third-order valence-corrected chi connectivity index (χ3v) is 6.03. The van der Waals surface area contributed by atoms with E-state index in [9.17, 15) is 40.2 Å². The molecule has 0 amide bonds. The van der Waals surface area contributed by atoms with Crippen molar-refractivity contribution in [2.75, 3.05) is 28.3 Å². The van der Waals surface area contributed by atoms with Crippen LogP contribution in [0.1, 0.15) is 26.3 Å². The minimum absolute atomic E-state index is 0.0226. The second-order valence-corrected chi connectivity index (χ2v) is 8.80. The summed E-state index contributed by atoms with van der Waals surface area (Å²) in [5.74, 6) is -3.39. The molecule has 10 N–H and O–H groups in total. The smallest absolute Gasteiger partial charge is 0.337 e. The molecular weight excluding hydrogens is 520 g/mol. The molecule has 0 unspecified atom stereocenters. The van der Waals surface area contributed by atoms with E-state index in [1.165, 1.54) is 48.5 Å². The zero-order valence-corrected chi connectivity index (χ0v) is 21.3. The summed E-state index contributed by atoms with van der Waals surface area (Å²) >= 11 is 0. The van der Waals surface area contributed by atoms with E-state index in [0.717, 1.165) is 0 Å². The van der Waals surface area contributed by atoms with Gasteiger partial charge in [-0.2, -0.15) is 0 Å². The highest BCUT2D eigenvalue weighted by Gasteiger charge is 2.18. The molecule has 0 saturated carbocycles. The maximum Gasteiger partial charge on any atom is 0.337 e. The second kappa shape index (κ2) is 10.9. The number of aryl methyl sites for hydroxylation is 1. The summed E-state index contributed by atoms with van der Waals surface area (Å²) in [5, 5.41) is 72.0. The monoisotopic (exact) mass is 546 g/mol. The fraction of sp³-hybridized carbons (Fsp3) is 0.0714. The molecule has 12 heteroatoms. The summed E-state index contributed by atoms with van der Waals surface area (Å²) in [4.78, 5) is 23.6. The third-order valence-electron chi connectivity index (χ3n) is 6.03. The van der Waals surface area contributed by atoms with Gasteiger partial charge in [0.2, 0.25) is 0 Å². The van der Waals surface area contributed by atoms with Crippen LogP contribution in [0.4, 0.5) is 39.8 Å². The number of carbonyl (C=O) groups is 2. The van der Waals surface area contributed by atoms with Crippen molar-refractivity contribution in [1.82, 2.24) is 0 Å². The van der Waals surface area contributed by atoms with Gasteiger partial charge in [-0.1, -0.05) is 0 Å². The number of benzene rings is 4. The van der Waals surface area contributed by atoms with E-state index in [4.69, 9.17) is 0 Å². The lowest BCUT2D eigenvalue weighted by atomic mass is 10.1. The van der Waals surface area contributed by atoms with Crippen LogP contribution in [-0.2, 0) is 0 Å². The van der Waals surface area contributed by atoms with E-state index in [2.05, 4.69) is 21.3 Å². The molecule has 4 aromatic rings. The number of phenolic OH excluding ortho intramolecular Hbond substituents is 4. The van der Waals surface area contributed by atoms with Crippen molar-refractivity contribution in [2.24, 2.45) is 0 Å². The predicted octanol–water partition coefficient (Wildman–Crippen LogP) is 5.49. The predicted molar refractivity (Wildman–Crippen MR) is 150 cm³/mol. The van der Waals surface area contributed by atoms with E-state index in [-0.39, 0.29) is 68.2 Å². The Morgan fingerprint density at radius 3 is 1.55 bits per heavy atom. The fourth-order valence-corrected chi connectivity index (χ4v) is 3.90. The van der Waals surface area contributed by atoms with Crippen LogP contribution in [-0.4, -0.2) is 49.6 Å². The van der Waals surface area contributed by atoms with E-state index in [0.29, 0.717) is 11.3 Å². The van der Waals surface area contributed by atoms with Crippen molar-refractivity contribution in [3.63, 3.8) is 0 Å². The highest BCUT2D eigenvalue weighted by Crippen LogP contribution is 2.39. The van der Waals surface area contributed by atoms with Crippen LogP contribution in [0.25, 0.3) is 0 Å². The van der Waals surface area contributed by atoms with Gasteiger partial charge in [0, 0.05) is 42.7 Å². The molecule has 4 rings (SSSR count). The number of hydrogen-bond donors (Lipinski definition) is 10. The van der Waals surface area contributed by atoms with E-state index in [1.807, 2.05) is 0 Å². The Labute approximate surface area is 227 Å². The summed E-state index contributed by atoms with van der Waals surface area (Å²) in [6, 6.07) is 13.8. The van der Waals surface area contributed by atoms with Crippen molar-refractivity contribution in [3.8, 4) is 23.0 Å². The van der Waals surface area contributed by atoms with Crippen LogP contribution in [0.5, 0.6) is 23.0 Å². The maximum atomic E-state index is 12.0. The Bertz CT molecular complexity index is 1640. The Hall–Kier alpha value is -5.78. The second-order valence-electron chi connectivity index (χ2n) is 8.80. The Balaban J connectivity index is 1.60. The number of hydrogen-bond acceptors (Lipinski definition) is 10. The van der Waals surface area contributed by atoms with Gasteiger partial charge in [0.05, 0.1) is 39.6 Å². The van der Waals surface area contributed by atoms with Gasteiger partial charge in [0.1, 0.15) is 23.0 Å². The first-order chi connectivity index (χ1) is 19.0. The van der Waals surface area contributed by atoms with Crippen LogP contribution in [0, 0.1) is 6.92 Å². The third kappa shape index (κ3) is 5.70. The zero-order valence-electron chi connectivity index (χ0n) is 21.3. The topological polar surface area (TPSA) is 204 Å². The molecule has 0 aliphatic rings. The number of aromatic carboxylic acids is 2. The Kier molecular flexibility index (Phi) is 7.44. The Morgan fingerprint density at radius 1 is 0.550 bits per heavy atom. The molecule has 0 spiro atoms. The molecule has 40 heavy (non-hydrogen) atoms. The van der Waals surface area contributed by atoms with Crippen molar-refractivity contribution in [1.29, 1.82) is 0 Å². The molecule has 0 saturated heterocycles. The number of carboxylic acids is 2. The summed E-state index contributed by atoms with van der Waals surface area (Å²) in [7, 11) is 1.68. The molecule has 0 aliphatic heterocycles. The molecule has 0 radical (unpaired) electrons. The van der Waals surface area contributed by atoms with Gasteiger partial charge in [-0.25, -0.2) is 9.59 Å². The van der Waals surface area contributed by atoms with Gasteiger partial charge < -0.3 is 51.9 Å². The van der Waals surface area contributed by atoms with E-state index < -0.39 is 11.9 Å². The van der Waals surface area contributed by atoms with Crippen LogP contribution < -0.4 is 21.3 Å². The van der Waals surface area contributed by atoms with Crippen molar-refractivity contribution >= 4 is 51.8 Å². The van der Waals surface area contributed by atoms with E-state index in [1.54, 1.807) is 26.1 Å². The fourth-order valence-electron chi connectivity index (χ4n) is 3.90. The number of nitrogens with one attached hydrogen (secondary N) is 4. The van der Waals surface area contributed by atoms with Crippen LogP contribution in [0.15, 0.2) is 60.7 Å². The molecule has 0 heterocycles. The van der Waals surface area contributed by atoms with Gasteiger partial charge in [0.15, 0.2) is 0 Å². The molecule has 4 aromatic carbocycles. The van der Waals surface area contributed by atoms with Crippen molar-refractivity contribution in [2.45, 2.75) is 6.92 Å². The van der Waals surface area contributed by atoms with Gasteiger partial charge in [-0.05, 0) is 48.9 Å². The molecule has 0 aromatic heterocycles. The highest BCUT2D eigenvalue weighted by atomic mass is 16.4. The minimum atomic E-state index is -1.30. The first-order valence-electron chi connectivity index (χ1n) is 11.8. The van der Waals surface area contributed by atoms with Crippen molar-refractivity contribution < 1.29 is 40.2 Å². The van der Waals surface area contributed by atoms with Crippen molar-refractivity contribution in [3.05, 3.63) is 77.4 Å². The summed E-state index contributed by atoms with van der Waals surface area (Å²) in [6.45, 7) is 1.56. The number of aromatic hydroxyl groups is 4. The molecule has 0 fully saturated rings. The Morgan fingerprint density at radius 2 is 1.02 bits per heavy atom. The molecule has 0 atom stereocenters. The zero-order chi connectivity index (χ0) is 29.1. The molecule has 0 bridgehead atoms. The SMILES string of the molecule is CNc1ccc(Nc2cc(O)c(Nc3ccc(Nc4cc(O)c(C)cc4C(=O)O)c(O)c3)cc2C(=O)O)c(O)c1. The summed E-state index contributed by atoms with van der Waals surface area (Å²) in [6.07, 6.45) is 0. The lowest BCUT2D eigenvalue weighted by Crippen LogP contribution is -2.05. The first kappa shape index (κ1) is 27.3. The quantitative estimate of drug-likeness (QED) is 0.118. The average Bonchev–Trinajstić information content (AvgIpc) is 2.89. The maximum absolute atomic E-state index is 12.0. The lowest BCUT2D eigenvalue weighted by Gasteiger charge is -2.17. The first-order valence-corrected chi connectivity index (χ1v) is 11.8. The van der Waals surface area contributed by atoms with Gasteiger partial charge >= 0.3 is 11.9 Å². The highest BCUT2D eigenvalue weighted by molar-refractivity contribution is 5.98. The largest absolute Gasteiger partial charge is 0.508 e. The van der Waals surface area contributed by atoms with Gasteiger partial charge in [0.25, 0.3) is 0 Å². The normalized spacial score (nSPS) is 10.6. The summed E-state index contributed by atoms with van der Waals surface area (Å²) < 4.78 is 0. The minimum Gasteiger partial charge on any atom is -0.508 e. The lowest BCUT2D eigenvalue weighted by molar-refractivity contribution is 0.0687. The standard InChI is InChI=1S/C28H26N4O8/c1-13-7-16(27(37)38)20(11-23(13)33)31-19-6-4-15(9-25(19)35)30-22-10-17(28(39)40)21(12-26(22)36)32-18-5-3-14(29-2)8-24(18)34/h3-12,29-36H,1-2H3,(H,37,38)(H,39,40). The van der Waals surface area contributed by atoms with Crippen LogP contribution >= 0.6 is 0 Å².